The van der Waals surface area contributed by atoms with Gasteiger partial charge in [-0.25, -0.2) is 0 Å². The van der Waals surface area contributed by atoms with Gasteiger partial charge in [0.25, 0.3) is 0 Å². The Hall–Kier alpha value is -1.06. The number of hydrogen-bond acceptors (Lipinski definition) is 2. The van der Waals surface area contributed by atoms with Crippen molar-refractivity contribution in [2.75, 3.05) is 6.54 Å². The van der Waals surface area contributed by atoms with Crippen LogP contribution in [0.1, 0.15) is 72.1 Å². The summed E-state index contributed by atoms with van der Waals surface area (Å²) in [6, 6.07) is 0.553. The monoisotopic (exact) mass is 282 g/mol. The fourth-order valence-corrected chi connectivity index (χ4v) is 2.85. The predicted molar refractivity (Wildman–Crippen MR) is 81.4 cm³/mol. The van der Waals surface area contributed by atoms with Gasteiger partial charge in [-0.05, 0) is 26.2 Å². The molecule has 1 N–H and O–H groups in total. The van der Waals surface area contributed by atoms with Crippen molar-refractivity contribution < 1.29 is 9.59 Å². The van der Waals surface area contributed by atoms with E-state index in [2.05, 4.69) is 12.2 Å². The summed E-state index contributed by atoms with van der Waals surface area (Å²) in [5, 5.41) is 3.13. The first-order valence-electron chi connectivity index (χ1n) is 8.11. The van der Waals surface area contributed by atoms with Crippen LogP contribution in [0.25, 0.3) is 0 Å². The van der Waals surface area contributed by atoms with Crippen LogP contribution < -0.4 is 5.32 Å². The van der Waals surface area contributed by atoms with Crippen LogP contribution in [0.5, 0.6) is 0 Å². The minimum atomic E-state index is 0.0571. The smallest absolute Gasteiger partial charge is 0.221 e. The first kappa shape index (κ1) is 17.0. The maximum absolute atomic E-state index is 12.0. The van der Waals surface area contributed by atoms with Gasteiger partial charge in [0.05, 0.1) is 0 Å². The average molecular weight is 282 g/mol. The quantitative estimate of drug-likeness (QED) is 0.762. The Morgan fingerprint density at radius 2 is 1.80 bits per heavy atom. The van der Waals surface area contributed by atoms with E-state index in [-0.39, 0.29) is 17.9 Å². The zero-order valence-corrected chi connectivity index (χ0v) is 13.3. The van der Waals surface area contributed by atoms with Crippen molar-refractivity contribution >= 4 is 11.8 Å². The van der Waals surface area contributed by atoms with E-state index in [4.69, 9.17) is 0 Å². The number of nitrogens with one attached hydrogen (secondary N) is 1. The molecule has 0 aromatic rings. The summed E-state index contributed by atoms with van der Waals surface area (Å²) in [7, 11) is 0. The van der Waals surface area contributed by atoms with Gasteiger partial charge in [-0.3, -0.25) is 9.59 Å². The highest BCUT2D eigenvalue weighted by Gasteiger charge is 2.18. The summed E-state index contributed by atoms with van der Waals surface area (Å²) in [5.74, 6) is 0.146. The molecule has 1 aliphatic carbocycles. The van der Waals surface area contributed by atoms with E-state index in [0.29, 0.717) is 19.0 Å². The van der Waals surface area contributed by atoms with Crippen molar-refractivity contribution in [2.45, 2.75) is 84.2 Å². The highest BCUT2D eigenvalue weighted by atomic mass is 16.2. The van der Waals surface area contributed by atoms with Gasteiger partial charge in [0.1, 0.15) is 0 Å². The lowest BCUT2D eigenvalue weighted by Crippen LogP contribution is -2.41. The van der Waals surface area contributed by atoms with Crippen LogP contribution in [0.3, 0.4) is 0 Å². The van der Waals surface area contributed by atoms with Crippen LogP contribution in [0.4, 0.5) is 0 Å². The third-order valence-electron chi connectivity index (χ3n) is 4.33. The van der Waals surface area contributed by atoms with E-state index in [9.17, 15) is 9.59 Å². The third kappa shape index (κ3) is 5.93. The zero-order chi connectivity index (χ0) is 15.0. The second kappa shape index (κ2) is 8.98. The summed E-state index contributed by atoms with van der Waals surface area (Å²) < 4.78 is 0. The van der Waals surface area contributed by atoms with Gasteiger partial charge >= 0.3 is 0 Å². The van der Waals surface area contributed by atoms with Gasteiger partial charge in [-0.2, -0.15) is 0 Å². The molecule has 0 radical (unpaired) electrons. The number of carbonyl (C=O) groups is 2. The maximum Gasteiger partial charge on any atom is 0.221 e. The van der Waals surface area contributed by atoms with E-state index in [1.54, 1.807) is 11.8 Å². The van der Waals surface area contributed by atoms with Crippen LogP contribution in [-0.2, 0) is 9.59 Å². The van der Waals surface area contributed by atoms with E-state index in [1.807, 2.05) is 6.92 Å². The molecule has 1 unspecified atom stereocenters. The van der Waals surface area contributed by atoms with E-state index < -0.39 is 0 Å². The molecule has 4 nitrogen and oxygen atoms in total. The molecular formula is C16H30N2O2. The highest BCUT2D eigenvalue weighted by molar-refractivity contribution is 5.78. The molecule has 0 aromatic heterocycles. The van der Waals surface area contributed by atoms with Crippen LogP contribution in [0.2, 0.25) is 0 Å². The zero-order valence-electron chi connectivity index (χ0n) is 13.3. The molecule has 1 rings (SSSR count). The van der Waals surface area contributed by atoms with Crippen molar-refractivity contribution in [1.82, 2.24) is 10.2 Å². The van der Waals surface area contributed by atoms with Crippen LogP contribution in [0, 0.1) is 0 Å². The molecular weight excluding hydrogens is 252 g/mol. The lowest BCUT2D eigenvalue weighted by molar-refractivity contribution is -0.131. The fourth-order valence-electron chi connectivity index (χ4n) is 2.85. The van der Waals surface area contributed by atoms with Crippen molar-refractivity contribution in [3.63, 3.8) is 0 Å². The van der Waals surface area contributed by atoms with Gasteiger partial charge in [-0.15, -0.1) is 0 Å². The SMILES string of the molecule is CCC(C)N(CCC(=O)NC1CCCCCC1)C(C)=O. The first-order chi connectivity index (χ1) is 9.54. The lowest BCUT2D eigenvalue weighted by Gasteiger charge is -2.27. The molecule has 2 amide bonds. The molecule has 1 saturated carbocycles. The lowest BCUT2D eigenvalue weighted by atomic mass is 10.1. The Kier molecular flexibility index (Phi) is 7.63. The standard InChI is InChI=1S/C16H30N2O2/c1-4-13(2)18(14(3)19)12-11-16(20)17-15-9-7-5-6-8-10-15/h13,15H,4-12H2,1-3H3,(H,17,20). The van der Waals surface area contributed by atoms with Crippen LogP contribution in [-0.4, -0.2) is 35.3 Å². The Labute approximate surface area is 123 Å². The predicted octanol–water partition coefficient (Wildman–Crippen LogP) is 2.86. The normalized spacial score (nSPS) is 18.1. The molecule has 1 atom stereocenters. The third-order valence-corrected chi connectivity index (χ3v) is 4.33. The van der Waals surface area contributed by atoms with Gasteiger partial charge in [-0.1, -0.05) is 32.6 Å². The molecule has 0 aromatic carbocycles. The minimum Gasteiger partial charge on any atom is -0.353 e. The molecule has 4 heteroatoms. The Bertz CT molecular complexity index is 310. The summed E-state index contributed by atoms with van der Waals surface area (Å²) in [6.45, 7) is 6.20. The minimum absolute atomic E-state index is 0.0571. The number of carbonyl (C=O) groups excluding carboxylic acids is 2. The Balaban J connectivity index is 2.35. The Morgan fingerprint density at radius 1 is 1.20 bits per heavy atom. The summed E-state index contributed by atoms with van der Waals surface area (Å²) >= 11 is 0. The maximum atomic E-state index is 12.0. The average Bonchev–Trinajstić information content (AvgIpc) is 2.66. The van der Waals surface area contributed by atoms with Crippen molar-refractivity contribution in [3.05, 3.63) is 0 Å². The van der Waals surface area contributed by atoms with Crippen molar-refractivity contribution in [2.24, 2.45) is 0 Å². The van der Waals surface area contributed by atoms with Gasteiger partial charge in [0.15, 0.2) is 0 Å². The first-order valence-corrected chi connectivity index (χ1v) is 8.11. The molecule has 0 saturated heterocycles. The van der Waals surface area contributed by atoms with Gasteiger partial charge in [0.2, 0.25) is 11.8 Å². The van der Waals surface area contributed by atoms with E-state index >= 15 is 0 Å². The number of hydrogen-bond donors (Lipinski definition) is 1. The second-order valence-corrected chi connectivity index (χ2v) is 5.98. The number of amides is 2. The molecule has 0 heterocycles. The molecule has 1 fully saturated rings. The van der Waals surface area contributed by atoms with Crippen LogP contribution >= 0.6 is 0 Å². The topological polar surface area (TPSA) is 49.4 Å². The number of rotatable bonds is 6. The van der Waals surface area contributed by atoms with Gasteiger partial charge < -0.3 is 10.2 Å². The van der Waals surface area contributed by atoms with Crippen LogP contribution in [0.15, 0.2) is 0 Å². The summed E-state index contributed by atoms with van der Waals surface area (Å²) in [6.07, 6.45) is 8.57. The molecule has 0 bridgehead atoms. The summed E-state index contributed by atoms with van der Waals surface area (Å²) in [5.41, 5.74) is 0. The fraction of sp³-hybridized carbons (Fsp3) is 0.875. The molecule has 1 aliphatic rings. The molecule has 0 spiro atoms. The second-order valence-electron chi connectivity index (χ2n) is 5.98. The molecule has 116 valence electrons. The molecule has 0 aliphatic heterocycles. The Morgan fingerprint density at radius 3 is 2.30 bits per heavy atom. The van der Waals surface area contributed by atoms with Crippen molar-refractivity contribution in [1.29, 1.82) is 0 Å². The molecule has 20 heavy (non-hydrogen) atoms. The van der Waals surface area contributed by atoms with E-state index in [0.717, 1.165) is 19.3 Å². The van der Waals surface area contributed by atoms with E-state index in [1.165, 1.54) is 25.7 Å². The van der Waals surface area contributed by atoms with Crippen molar-refractivity contribution in [3.8, 4) is 0 Å². The highest BCUT2D eigenvalue weighted by Crippen LogP contribution is 2.17. The summed E-state index contributed by atoms with van der Waals surface area (Å²) in [4.78, 5) is 25.4. The van der Waals surface area contributed by atoms with Gasteiger partial charge in [0, 0.05) is 32.0 Å². The number of nitrogens with zero attached hydrogens (tertiary/aromatic N) is 1. The largest absolute Gasteiger partial charge is 0.353 e.